The Balaban J connectivity index is 0.000000980. The number of thiophene rings is 1. The fourth-order valence-electron chi connectivity index (χ4n) is 1.38. The maximum Gasteiger partial charge on any atom is 0.195 e. The van der Waals surface area contributed by atoms with Crippen molar-refractivity contribution >= 4 is 74.7 Å². The highest BCUT2D eigenvalue weighted by atomic mass is 127. The molecule has 78 valence electrons. The van der Waals surface area contributed by atoms with Crippen LogP contribution in [0.2, 0.25) is 0 Å². The number of carbonyl (C=O) groups is 1. The lowest BCUT2D eigenvalue weighted by atomic mass is 10.2. The minimum atomic E-state index is -1.04. The summed E-state index contributed by atoms with van der Waals surface area (Å²) in [7, 11) is 0. The molecule has 0 saturated heterocycles. The lowest BCUT2D eigenvalue weighted by Crippen LogP contribution is -2.26. The normalized spacial score (nSPS) is 24.7. The van der Waals surface area contributed by atoms with E-state index in [-0.39, 0.29) is 18.2 Å². The predicted octanol–water partition coefficient (Wildman–Crippen LogP) is 1.94. The van der Waals surface area contributed by atoms with Crippen molar-refractivity contribution in [3.8, 4) is 0 Å². The first kappa shape index (κ1) is 13.1. The molecule has 0 fully saturated rings. The van der Waals surface area contributed by atoms with Crippen molar-refractivity contribution < 1.29 is 9.90 Å². The Bertz CT molecular complexity index is 395. The monoisotopic (exact) mass is 457 g/mol. The van der Waals surface area contributed by atoms with Gasteiger partial charge in [0, 0.05) is 5.56 Å². The number of aliphatic hydroxyl groups excluding tert-OH is 1. The summed E-state index contributed by atoms with van der Waals surface area (Å²) < 4.78 is 1.93. The molecule has 14 heavy (non-hydrogen) atoms. The van der Waals surface area contributed by atoms with Gasteiger partial charge >= 0.3 is 0 Å². The Kier molecular flexibility index (Phi) is 4.21. The van der Waals surface area contributed by atoms with E-state index in [4.69, 9.17) is 5.73 Å². The molecule has 0 amide bonds. The molecule has 1 heterocycles. The van der Waals surface area contributed by atoms with Gasteiger partial charge in [-0.1, -0.05) is 0 Å². The summed E-state index contributed by atoms with van der Waals surface area (Å²) in [5.74, 6) is -0.230. The summed E-state index contributed by atoms with van der Waals surface area (Å²) in [4.78, 5) is 11.5. The van der Waals surface area contributed by atoms with Crippen molar-refractivity contribution in [2.75, 3.05) is 0 Å². The van der Waals surface area contributed by atoms with Gasteiger partial charge in [-0.2, -0.15) is 0 Å². The third kappa shape index (κ3) is 1.73. The molecule has 3 nitrogen and oxygen atoms in total. The first-order chi connectivity index (χ1) is 6.04. The molecular formula is C7H6ClI2NO2S. The largest absolute Gasteiger partial charge is 0.383 e. The number of fused-ring (bicyclic) bond motifs is 1. The number of carbonyl (C=O) groups excluding carboxylic acids is 1. The number of aliphatic hydroxyl groups is 1. The molecule has 1 aromatic heterocycles. The molecule has 0 bridgehead atoms. The van der Waals surface area contributed by atoms with Gasteiger partial charge in [0.15, 0.2) is 5.78 Å². The third-order valence-electron chi connectivity index (χ3n) is 2.05. The van der Waals surface area contributed by atoms with Crippen LogP contribution in [0.1, 0.15) is 22.0 Å². The van der Waals surface area contributed by atoms with Crippen LogP contribution in [-0.4, -0.2) is 17.0 Å². The maximum absolute atomic E-state index is 11.5. The van der Waals surface area contributed by atoms with E-state index in [9.17, 15) is 9.90 Å². The van der Waals surface area contributed by atoms with Crippen molar-refractivity contribution in [3.63, 3.8) is 0 Å². The van der Waals surface area contributed by atoms with Gasteiger partial charge < -0.3 is 10.8 Å². The van der Waals surface area contributed by atoms with E-state index < -0.39 is 12.1 Å². The first-order valence-corrected chi connectivity index (χ1v) is 6.47. The highest BCUT2D eigenvalue weighted by Crippen LogP contribution is 2.41. The van der Waals surface area contributed by atoms with Gasteiger partial charge in [0.25, 0.3) is 0 Å². The summed E-state index contributed by atoms with van der Waals surface area (Å²) >= 11 is 5.80. The van der Waals surface area contributed by atoms with Crippen LogP contribution < -0.4 is 5.73 Å². The van der Waals surface area contributed by atoms with Crippen molar-refractivity contribution in [2.45, 2.75) is 12.1 Å². The van der Waals surface area contributed by atoms with Crippen LogP contribution >= 0.6 is 68.9 Å². The molecule has 2 rings (SSSR count). The molecular weight excluding hydrogens is 451 g/mol. The van der Waals surface area contributed by atoms with Gasteiger partial charge in [-0.05, 0) is 45.2 Å². The molecule has 1 aliphatic rings. The van der Waals surface area contributed by atoms with Gasteiger partial charge in [0.2, 0.25) is 0 Å². The second-order valence-electron chi connectivity index (χ2n) is 2.77. The zero-order chi connectivity index (χ0) is 9.75. The molecule has 7 heteroatoms. The lowest BCUT2D eigenvalue weighted by Gasteiger charge is -2.07. The second-order valence-corrected chi connectivity index (χ2v) is 7.42. The minimum absolute atomic E-state index is 0. The molecule has 1 aliphatic carbocycles. The minimum Gasteiger partial charge on any atom is -0.383 e. The summed E-state index contributed by atoms with van der Waals surface area (Å²) in [5, 5.41) is 9.45. The SMILES string of the molecule is Cl.NC1c2c(I)sc(I)c2C(=O)C1O. The van der Waals surface area contributed by atoms with E-state index in [2.05, 4.69) is 45.2 Å². The second kappa shape index (κ2) is 4.50. The Hall–Kier alpha value is 1.04. The smallest absolute Gasteiger partial charge is 0.195 e. The molecule has 0 spiro atoms. The quantitative estimate of drug-likeness (QED) is 0.586. The lowest BCUT2D eigenvalue weighted by molar-refractivity contribution is 0.0735. The van der Waals surface area contributed by atoms with Crippen LogP contribution in [0.5, 0.6) is 0 Å². The molecule has 3 N–H and O–H groups in total. The molecule has 1 aromatic rings. The van der Waals surface area contributed by atoms with Crippen molar-refractivity contribution in [3.05, 3.63) is 16.9 Å². The molecule has 0 aliphatic heterocycles. The number of hydrogen-bond donors (Lipinski definition) is 2. The van der Waals surface area contributed by atoms with Crippen LogP contribution in [0.4, 0.5) is 0 Å². The van der Waals surface area contributed by atoms with Gasteiger partial charge in [-0.25, -0.2) is 0 Å². The average molecular weight is 457 g/mol. The van der Waals surface area contributed by atoms with E-state index in [0.717, 1.165) is 11.3 Å². The fraction of sp³-hybridized carbons (Fsp3) is 0.286. The van der Waals surface area contributed by atoms with E-state index >= 15 is 0 Å². The number of ketones is 1. The van der Waals surface area contributed by atoms with Gasteiger partial charge in [0.1, 0.15) is 6.10 Å². The highest BCUT2D eigenvalue weighted by Gasteiger charge is 2.40. The van der Waals surface area contributed by atoms with Crippen molar-refractivity contribution in [2.24, 2.45) is 5.73 Å². The molecule has 2 atom stereocenters. The summed E-state index contributed by atoms with van der Waals surface area (Å²) in [6.45, 7) is 0. The van der Waals surface area contributed by atoms with E-state index in [1.54, 1.807) is 11.3 Å². The summed E-state index contributed by atoms with van der Waals surface area (Å²) in [6.07, 6.45) is -1.04. The zero-order valence-electron chi connectivity index (χ0n) is 6.66. The zero-order valence-corrected chi connectivity index (χ0v) is 12.6. The standard InChI is InChI=1S/C7H5I2NO2S.ClH/c8-6-1-2(7(9)13-6)4(11)5(12)3(1)10;/h3,5,12H,10H2;1H. The van der Waals surface area contributed by atoms with Gasteiger partial charge in [0.05, 0.1) is 17.4 Å². The summed E-state index contributed by atoms with van der Waals surface area (Å²) in [5.41, 5.74) is 7.18. The number of hydrogen-bond acceptors (Lipinski definition) is 4. The fourth-order valence-corrected chi connectivity index (χ4v) is 5.97. The van der Waals surface area contributed by atoms with Crippen molar-refractivity contribution in [1.82, 2.24) is 0 Å². The Morgan fingerprint density at radius 2 is 1.93 bits per heavy atom. The summed E-state index contributed by atoms with van der Waals surface area (Å²) in [6, 6.07) is -0.533. The number of nitrogens with two attached hydrogens (primary N) is 1. The Morgan fingerprint density at radius 3 is 2.43 bits per heavy atom. The first-order valence-electron chi connectivity index (χ1n) is 3.49. The predicted molar refractivity (Wildman–Crippen MR) is 74.3 cm³/mol. The van der Waals surface area contributed by atoms with Crippen LogP contribution in [-0.2, 0) is 0 Å². The van der Waals surface area contributed by atoms with Crippen LogP contribution in [0.25, 0.3) is 0 Å². The van der Waals surface area contributed by atoms with Gasteiger partial charge in [-0.3, -0.25) is 4.79 Å². The van der Waals surface area contributed by atoms with E-state index in [1.807, 2.05) is 0 Å². The Labute approximate surface area is 118 Å². The van der Waals surface area contributed by atoms with Crippen molar-refractivity contribution in [1.29, 1.82) is 0 Å². The van der Waals surface area contributed by atoms with Gasteiger partial charge in [-0.15, -0.1) is 23.7 Å². The van der Waals surface area contributed by atoms with E-state index in [1.165, 1.54) is 0 Å². The Morgan fingerprint density at radius 1 is 1.36 bits per heavy atom. The maximum atomic E-state index is 11.5. The highest BCUT2D eigenvalue weighted by molar-refractivity contribution is 14.1. The topological polar surface area (TPSA) is 63.3 Å². The molecule has 2 unspecified atom stereocenters. The number of halogens is 3. The van der Waals surface area contributed by atoms with Crippen LogP contribution in [0.3, 0.4) is 0 Å². The van der Waals surface area contributed by atoms with E-state index in [0.29, 0.717) is 5.56 Å². The number of rotatable bonds is 0. The molecule has 0 radical (unpaired) electrons. The van der Waals surface area contributed by atoms with Crippen LogP contribution in [0, 0.1) is 5.77 Å². The van der Waals surface area contributed by atoms with Crippen LogP contribution in [0.15, 0.2) is 0 Å². The molecule has 0 aromatic carbocycles. The number of Topliss-reactive ketones (excluding diaryl/α,β-unsaturated/α-hetero) is 1. The third-order valence-corrected chi connectivity index (χ3v) is 5.27. The average Bonchev–Trinajstić information content (AvgIpc) is 2.47. The molecule has 0 saturated carbocycles.